The Morgan fingerprint density at radius 1 is 1.48 bits per heavy atom. The average molecular weight is 313 g/mol. The summed E-state index contributed by atoms with van der Waals surface area (Å²) in [7, 11) is 0. The quantitative estimate of drug-likeness (QED) is 0.932. The van der Waals surface area contributed by atoms with Crippen molar-refractivity contribution in [3.63, 3.8) is 0 Å². The lowest BCUT2D eigenvalue weighted by Gasteiger charge is -2.23. The van der Waals surface area contributed by atoms with Gasteiger partial charge in [0, 0.05) is 19.6 Å². The van der Waals surface area contributed by atoms with Gasteiger partial charge in [-0.1, -0.05) is 11.6 Å². The van der Waals surface area contributed by atoms with Crippen molar-refractivity contribution in [3.05, 3.63) is 34.6 Å². The fraction of sp³-hybridized carbons (Fsp3) is 0.467. The zero-order chi connectivity index (χ0) is 15.6. The predicted octanol–water partition coefficient (Wildman–Crippen LogP) is 2.47. The number of hydrogen-bond acceptors (Lipinski definition) is 2. The highest BCUT2D eigenvalue weighted by Gasteiger charge is 2.42. The summed E-state index contributed by atoms with van der Waals surface area (Å²) in [6.07, 6.45) is 0.601. The SMILES string of the molecule is CCNC(=O)C1(C)CCN(C(=O)c2ccc(F)cc2Cl)C1. The number of nitrogens with one attached hydrogen (secondary N) is 1. The second-order valence-corrected chi connectivity index (χ2v) is 5.93. The number of halogens is 2. The maximum atomic E-state index is 13.0. The summed E-state index contributed by atoms with van der Waals surface area (Å²) in [6.45, 7) is 5.09. The van der Waals surface area contributed by atoms with Gasteiger partial charge in [0.2, 0.25) is 5.91 Å². The van der Waals surface area contributed by atoms with Crippen LogP contribution in [0.25, 0.3) is 0 Å². The molecule has 6 heteroatoms. The monoisotopic (exact) mass is 312 g/mol. The van der Waals surface area contributed by atoms with Crippen molar-refractivity contribution >= 4 is 23.4 Å². The van der Waals surface area contributed by atoms with Crippen LogP contribution in [0.2, 0.25) is 5.02 Å². The Morgan fingerprint density at radius 3 is 2.81 bits per heavy atom. The van der Waals surface area contributed by atoms with Crippen molar-refractivity contribution in [1.82, 2.24) is 10.2 Å². The summed E-state index contributed by atoms with van der Waals surface area (Å²) < 4.78 is 13.0. The third-order valence-electron chi connectivity index (χ3n) is 3.81. The van der Waals surface area contributed by atoms with Crippen molar-refractivity contribution in [2.24, 2.45) is 5.41 Å². The molecule has 1 aliphatic rings. The number of rotatable bonds is 3. The number of nitrogens with zero attached hydrogens (tertiary/aromatic N) is 1. The van der Waals surface area contributed by atoms with E-state index in [-0.39, 0.29) is 22.4 Å². The normalized spacial score (nSPS) is 21.4. The highest BCUT2D eigenvalue weighted by molar-refractivity contribution is 6.33. The summed E-state index contributed by atoms with van der Waals surface area (Å²) in [5.74, 6) is -0.802. The second-order valence-electron chi connectivity index (χ2n) is 5.52. The number of carbonyl (C=O) groups excluding carboxylic acids is 2. The van der Waals surface area contributed by atoms with E-state index >= 15 is 0 Å². The van der Waals surface area contributed by atoms with Crippen LogP contribution < -0.4 is 5.32 Å². The molecule has 1 aromatic carbocycles. The Hall–Kier alpha value is -1.62. The smallest absolute Gasteiger partial charge is 0.255 e. The molecule has 1 N–H and O–H groups in total. The van der Waals surface area contributed by atoms with Gasteiger partial charge in [-0.15, -0.1) is 0 Å². The van der Waals surface area contributed by atoms with Crippen LogP contribution in [-0.4, -0.2) is 36.3 Å². The van der Waals surface area contributed by atoms with Gasteiger partial charge in [-0.05, 0) is 38.5 Å². The van der Waals surface area contributed by atoms with Gasteiger partial charge in [0.05, 0.1) is 16.0 Å². The van der Waals surface area contributed by atoms with Gasteiger partial charge in [-0.25, -0.2) is 4.39 Å². The van der Waals surface area contributed by atoms with Gasteiger partial charge in [-0.3, -0.25) is 9.59 Å². The average Bonchev–Trinajstić information content (AvgIpc) is 2.82. The largest absolute Gasteiger partial charge is 0.356 e. The standard InChI is InChI=1S/C15H18ClFN2O2/c1-3-18-14(21)15(2)6-7-19(9-15)13(20)11-5-4-10(17)8-12(11)16/h4-5,8H,3,6-7,9H2,1-2H3,(H,18,21). The van der Waals surface area contributed by atoms with E-state index < -0.39 is 11.2 Å². The summed E-state index contributed by atoms with van der Waals surface area (Å²) >= 11 is 5.92. The van der Waals surface area contributed by atoms with E-state index in [9.17, 15) is 14.0 Å². The molecule has 0 bridgehead atoms. The Balaban J connectivity index is 2.14. The van der Waals surface area contributed by atoms with Crippen LogP contribution in [0.5, 0.6) is 0 Å². The van der Waals surface area contributed by atoms with Crippen LogP contribution in [0.3, 0.4) is 0 Å². The number of likely N-dealkylation sites (tertiary alicyclic amines) is 1. The maximum absolute atomic E-state index is 13.0. The van der Waals surface area contributed by atoms with E-state index in [1.165, 1.54) is 12.1 Å². The molecule has 0 aliphatic carbocycles. The fourth-order valence-corrected chi connectivity index (χ4v) is 2.78. The Labute approximate surface area is 128 Å². The minimum Gasteiger partial charge on any atom is -0.356 e. The van der Waals surface area contributed by atoms with E-state index in [1.54, 1.807) is 4.90 Å². The Morgan fingerprint density at radius 2 is 2.19 bits per heavy atom. The van der Waals surface area contributed by atoms with E-state index in [2.05, 4.69) is 5.32 Å². The van der Waals surface area contributed by atoms with Gasteiger partial charge >= 0.3 is 0 Å². The minimum absolute atomic E-state index is 0.0505. The highest BCUT2D eigenvalue weighted by Crippen LogP contribution is 2.32. The van der Waals surface area contributed by atoms with Gasteiger partial charge in [0.1, 0.15) is 5.82 Å². The lowest BCUT2D eigenvalue weighted by atomic mass is 9.89. The molecule has 1 heterocycles. The zero-order valence-electron chi connectivity index (χ0n) is 12.1. The number of amides is 2. The Kier molecular flexibility index (Phi) is 4.52. The first-order valence-electron chi connectivity index (χ1n) is 6.90. The molecular weight excluding hydrogens is 295 g/mol. The fourth-order valence-electron chi connectivity index (χ4n) is 2.53. The van der Waals surface area contributed by atoms with E-state index in [0.29, 0.717) is 26.1 Å². The molecule has 4 nitrogen and oxygen atoms in total. The van der Waals surface area contributed by atoms with Crippen molar-refractivity contribution in [2.75, 3.05) is 19.6 Å². The third kappa shape index (κ3) is 3.18. The molecule has 1 aromatic rings. The van der Waals surface area contributed by atoms with Crippen LogP contribution in [-0.2, 0) is 4.79 Å². The zero-order valence-corrected chi connectivity index (χ0v) is 12.8. The topological polar surface area (TPSA) is 49.4 Å². The van der Waals surface area contributed by atoms with Gasteiger partial charge in [-0.2, -0.15) is 0 Å². The molecule has 114 valence electrons. The van der Waals surface area contributed by atoms with Crippen LogP contribution in [0.1, 0.15) is 30.6 Å². The van der Waals surface area contributed by atoms with E-state index in [1.807, 2.05) is 13.8 Å². The van der Waals surface area contributed by atoms with Crippen molar-refractivity contribution in [1.29, 1.82) is 0 Å². The molecule has 2 rings (SSSR count). The molecule has 21 heavy (non-hydrogen) atoms. The summed E-state index contributed by atoms with van der Waals surface area (Å²) in [5, 5.41) is 2.88. The van der Waals surface area contributed by atoms with Crippen LogP contribution in [0.15, 0.2) is 18.2 Å². The predicted molar refractivity (Wildman–Crippen MR) is 78.7 cm³/mol. The summed E-state index contributed by atoms with van der Waals surface area (Å²) in [5.41, 5.74) is -0.323. The first-order chi connectivity index (χ1) is 9.87. The first-order valence-corrected chi connectivity index (χ1v) is 7.28. The molecule has 1 fully saturated rings. The van der Waals surface area contributed by atoms with Crippen molar-refractivity contribution < 1.29 is 14.0 Å². The molecule has 0 radical (unpaired) electrons. The molecule has 1 aliphatic heterocycles. The molecular formula is C15H18ClFN2O2. The van der Waals surface area contributed by atoms with E-state index in [4.69, 9.17) is 11.6 Å². The first kappa shape index (κ1) is 15.8. The third-order valence-corrected chi connectivity index (χ3v) is 4.12. The van der Waals surface area contributed by atoms with Crippen LogP contribution in [0.4, 0.5) is 4.39 Å². The second kappa shape index (κ2) is 6.02. The maximum Gasteiger partial charge on any atom is 0.255 e. The van der Waals surface area contributed by atoms with Crippen LogP contribution in [0, 0.1) is 11.2 Å². The van der Waals surface area contributed by atoms with Crippen molar-refractivity contribution in [3.8, 4) is 0 Å². The molecule has 1 atom stereocenters. The van der Waals surface area contributed by atoms with Gasteiger partial charge in [0.15, 0.2) is 0 Å². The summed E-state index contributed by atoms with van der Waals surface area (Å²) in [6, 6.07) is 3.70. The number of benzene rings is 1. The number of hydrogen-bond donors (Lipinski definition) is 1. The van der Waals surface area contributed by atoms with Crippen LogP contribution >= 0.6 is 11.6 Å². The van der Waals surface area contributed by atoms with Crippen molar-refractivity contribution in [2.45, 2.75) is 20.3 Å². The summed E-state index contributed by atoms with van der Waals surface area (Å²) in [4.78, 5) is 26.1. The molecule has 1 saturated heterocycles. The van der Waals surface area contributed by atoms with E-state index in [0.717, 1.165) is 6.07 Å². The minimum atomic E-state index is -0.585. The molecule has 2 amide bonds. The van der Waals surface area contributed by atoms with Gasteiger partial charge < -0.3 is 10.2 Å². The lowest BCUT2D eigenvalue weighted by Crippen LogP contribution is -2.41. The molecule has 0 aromatic heterocycles. The molecule has 1 unspecified atom stereocenters. The van der Waals surface area contributed by atoms with Gasteiger partial charge in [0.25, 0.3) is 5.91 Å². The lowest BCUT2D eigenvalue weighted by molar-refractivity contribution is -0.129. The number of carbonyl (C=O) groups is 2. The molecule has 0 saturated carbocycles. The Bertz CT molecular complexity index is 579. The molecule has 0 spiro atoms. The highest BCUT2D eigenvalue weighted by atomic mass is 35.5.